The van der Waals surface area contributed by atoms with E-state index in [0.717, 1.165) is 29.2 Å². The molecule has 108 valence electrons. The quantitative estimate of drug-likeness (QED) is 0.820. The van der Waals surface area contributed by atoms with Gasteiger partial charge in [-0.1, -0.05) is 31.6 Å². The Labute approximate surface area is 124 Å². The monoisotopic (exact) mass is 291 g/mol. The summed E-state index contributed by atoms with van der Waals surface area (Å²) in [6.45, 7) is 3.90. The number of hydrogen-bond donors (Lipinski definition) is 2. The van der Waals surface area contributed by atoms with E-state index in [9.17, 15) is 4.79 Å². The molecule has 1 aromatic rings. The van der Waals surface area contributed by atoms with Crippen LogP contribution in [0.4, 0.5) is 0 Å². The third kappa shape index (κ3) is 4.09. The van der Waals surface area contributed by atoms with Crippen molar-refractivity contribution in [2.45, 2.75) is 45.6 Å². The van der Waals surface area contributed by atoms with Crippen LogP contribution in [0, 0.1) is 24.7 Å². The second kappa shape index (κ2) is 6.92. The Hall–Kier alpha value is -1.31. The Morgan fingerprint density at radius 2 is 2.35 bits per heavy atom. The molecular weight excluding hydrogens is 270 g/mol. The van der Waals surface area contributed by atoms with Crippen molar-refractivity contribution in [3.05, 3.63) is 21.4 Å². The summed E-state index contributed by atoms with van der Waals surface area (Å²) < 4.78 is 0. The first-order valence-electron chi connectivity index (χ1n) is 7.15. The molecule has 1 saturated carbocycles. The Kier molecular flexibility index (Phi) is 5.22. The van der Waals surface area contributed by atoms with Crippen LogP contribution in [0.2, 0.25) is 0 Å². The Balaban J connectivity index is 2.00. The Morgan fingerprint density at radius 3 is 2.95 bits per heavy atom. The molecule has 1 aliphatic carbocycles. The van der Waals surface area contributed by atoms with Gasteiger partial charge in [-0.2, -0.15) is 0 Å². The first-order chi connectivity index (χ1) is 9.63. The summed E-state index contributed by atoms with van der Waals surface area (Å²) in [5.74, 6) is 6.33. The molecule has 4 heteroatoms. The van der Waals surface area contributed by atoms with Crippen molar-refractivity contribution in [3.63, 3.8) is 0 Å². The first-order valence-corrected chi connectivity index (χ1v) is 7.96. The van der Waals surface area contributed by atoms with Crippen molar-refractivity contribution < 1.29 is 9.90 Å². The van der Waals surface area contributed by atoms with E-state index in [4.69, 9.17) is 5.11 Å². The average Bonchev–Trinajstić information content (AvgIpc) is 3.17. The molecule has 1 heterocycles. The van der Waals surface area contributed by atoms with Gasteiger partial charge in [0.25, 0.3) is 5.91 Å². The molecule has 0 bridgehead atoms. The molecule has 1 aromatic heterocycles. The number of amides is 1. The highest BCUT2D eigenvalue weighted by Crippen LogP contribution is 2.34. The second-order valence-electron chi connectivity index (χ2n) is 5.34. The number of aliphatic hydroxyl groups excluding tert-OH is 1. The van der Waals surface area contributed by atoms with Gasteiger partial charge in [0.2, 0.25) is 0 Å². The first kappa shape index (κ1) is 15.1. The maximum atomic E-state index is 12.3. The van der Waals surface area contributed by atoms with Crippen LogP contribution in [-0.4, -0.2) is 23.7 Å². The third-order valence-corrected chi connectivity index (χ3v) is 4.72. The van der Waals surface area contributed by atoms with Crippen molar-refractivity contribution in [2.75, 3.05) is 6.61 Å². The molecule has 20 heavy (non-hydrogen) atoms. The fourth-order valence-corrected chi connectivity index (χ4v) is 3.13. The third-order valence-electron chi connectivity index (χ3n) is 3.57. The van der Waals surface area contributed by atoms with Gasteiger partial charge in [0.05, 0.1) is 9.75 Å². The van der Waals surface area contributed by atoms with E-state index < -0.39 is 0 Å². The van der Waals surface area contributed by atoms with Gasteiger partial charge in [0.1, 0.15) is 6.61 Å². The second-order valence-corrected chi connectivity index (χ2v) is 6.39. The molecule has 0 aliphatic heterocycles. The van der Waals surface area contributed by atoms with Crippen LogP contribution in [0.5, 0.6) is 0 Å². The summed E-state index contributed by atoms with van der Waals surface area (Å²) in [6.07, 6.45) is 4.70. The average molecular weight is 291 g/mol. The zero-order chi connectivity index (χ0) is 14.5. The lowest BCUT2D eigenvalue weighted by molar-refractivity contribution is 0.0937. The molecule has 1 amide bonds. The maximum absolute atomic E-state index is 12.3. The van der Waals surface area contributed by atoms with Crippen LogP contribution < -0.4 is 5.32 Å². The fraction of sp³-hybridized carbons (Fsp3) is 0.562. The minimum atomic E-state index is -0.155. The Morgan fingerprint density at radius 1 is 1.60 bits per heavy atom. The summed E-state index contributed by atoms with van der Waals surface area (Å²) >= 11 is 1.40. The van der Waals surface area contributed by atoms with E-state index in [2.05, 4.69) is 24.1 Å². The molecular formula is C16H21NO2S. The number of carbonyl (C=O) groups is 1. The number of carbonyl (C=O) groups excluding carboxylic acids is 1. The van der Waals surface area contributed by atoms with Crippen LogP contribution in [0.3, 0.4) is 0 Å². The molecule has 0 saturated heterocycles. The number of hydrogen-bond acceptors (Lipinski definition) is 3. The molecule has 3 nitrogen and oxygen atoms in total. The van der Waals surface area contributed by atoms with E-state index in [1.165, 1.54) is 24.2 Å². The maximum Gasteiger partial charge on any atom is 0.261 e. The van der Waals surface area contributed by atoms with Gasteiger partial charge >= 0.3 is 0 Å². The topological polar surface area (TPSA) is 49.3 Å². The van der Waals surface area contributed by atoms with Crippen molar-refractivity contribution in [1.82, 2.24) is 5.32 Å². The molecule has 0 aromatic carbocycles. The molecule has 1 unspecified atom stereocenters. The number of aliphatic hydroxyl groups is 1. The zero-order valence-electron chi connectivity index (χ0n) is 12.0. The minimum absolute atomic E-state index is 0.00245. The van der Waals surface area contributed by atoms with Gasteiger partial charge in [0.15, 0.2) is 0 Å². The molecule has 1 fully saturated rings. The van der Waals surface area contributed by atoms with Crippen LogP contribution in [-0.2, 0) is 0 Å². The van der Waals surface area contributed by atoms with E-state index in [-0.39, 0.29) is 18.6 Å². The van der Waals surface area contributed by atoms with Gasteiger partial charge in [-0.25, -0.2) is 0 Å². The minimum Gasteiger partial charge on any atom is -0.384 e. The van der Waals surface area contributed by atoms with Crippen LogP contribution in [0.1, 0.15) is 52.7 Å². The van der Waals surface area contributed by atoms with E-state index >= 15 is 0 Å². The molecule has 1 atom stereocenters. The van der Waals surface area contributed by atoms with E-state index in [0.29, 0.717) is 4.88 Å². The number of aryl methyl sites for hydroxylation is 1. The van der Waals surface area contributed by atoms with Crippen molar-refractivity contribution in [2.24, 2.45) is 5.92 Å². The molecule has 2 N–H and O–H groups in total. The summed E-state index contributed by atoms with van der Waals surface area (Å²) in [7, 11) is 0. The lowest BCUT2D eigenvalue weighted by atomic mass is 10.1. The summed E-state index contributed by atoms with van der Waals surface area (Å²) in [5, 5.41) is 11.9. The molecule has 0 spiro atoms. The Bertz CT molecular complexity index is 534. The molecule has 2 rings (SSSR count). The lowest BCUT2D eigenvalue weighted by Gasteiger charge is -2.15. The SMILES string of the molecule is CCC(CC1CC1)NC(=O)c1cc(C)c(C#CCO)s1. The molecule has 1 aliphatic rings. The largest absolute Gasteiger partial charge is 0.384 e. The van der Waals surface area contributed by atoms with E-state index in [1.54, 1.807) is 0 Å². The van der Waals surface area contributed by atoms with Gasteiger partial charge in [-0.05, 0) is 37.3 Å². The van der Waals surface area contributed by atoms with E-state index in [1.807, 2.05) is 13.0 Å². The highest BCUT2D eigenvalue weighted by Gasteiger charge is 2.26. The van der Waals surface area contributed by atoms with Gasteiger partial charge < -0.3 is 10.4 Å². The number of thiophene rings is 1. The molecule has 0 radical (unpaired) electrons. The van der Waals surface area contributed by atoms with Gasteiger partial charge in [0, 0.05) is 6.04 Å². The lowest BCUT2D eigenvalue weighted by Crippen LogP contribution is -2.34. The predicted octanol–water partition coefficient (Wildman–Crippen LogP) is 2.71. The van der Waals surface area contributed by atoms with Crippen molar-refractivity contribution in [3.8, 4) is 11.8 Å². The standard InChI is InChI=1S/C16H21NO2S/c1-3-13(10-12-6-7-12)17-16(19)15-9-11(2)14(20-15)5-4-8-18/h9,12-13,18H,3,6-8,10H2,1-2H3,(H,17,19). The highest BCUT2D eigenvalue weighted by molar-refractivity contribution is 7.14. The van der Waals surface area contributed by atoms with Crippen LogP contribution in [0.25, 0.3) is 0 Å². The normalized spacial score (nSPS) is 15.3. The van der Waals surface area contributed by atoms with Crippen LogP contribution in [0.15, 0.2) is 6.07 Å². The zero-order valence-corrected chi connectivity index (χ0v) is 12.8. The summed E-state index contributed by atoms with van der Waals surface area (Å²) in [4.78, 5) is 13.8. The van der Waals surface area contributed by atoms with Gasteiger partial charge in [-0.15, -0.1) is 11.3 Å². The number of rotatable bonds is 5. The summed E-state index contributed by atoms with van der Waals surface area (Å²) in [5.41, 5.74) is 0.997. The predicted molar refractivity (Wildman–Crippen MR) is 81.9 cm³/mol. The fourth-order valence-electron chi connectivity index (χ4n) is 2.18. The number of nitrogens with one attached hydrogen (secondary N) is 1. The van der Waals surface area contributed by atoms with Crippen molar-refractivity contribution >= 4 is 17.2 Å². The highest BCUT2D eigenvalue weighted by atomic mass is 32.1. The summed E-state index contributed by atoms with van der Waals surface area (Å²) in [6, 6.07) is 2.16. The van der Waals surface area contributed by atoms with Gasteiger partial charge in [-0.3, -0.25) is 4.79 Å². The van der Waals surface area contributed by atoms with Crippen LogP contribution >= 0.6 is 11.3 Å². The smallest absolute Gasteiger partial charge is 0.261 e. The van der Waals surface area contributed by atoms with Crippen molar-refractivity contribution in [1.29, 1.82) is 0 Å².